The number of hydrogen-bond acceptors (Lipinski definition) is 8. The SMILES string of the molecule is CO[C@H]1/C=C/CCC[S@](=O)(CC(=O)N2CCS(=O)(=O)CC2)=NC(=O)c2ccc3c(c2)N(C[C@@H]2CC[C@H]21)C[C@@]1(CCCc2cc(C)ccc21)CO3. The van der Waals surface area contributed by atoms with Crippen molar-refractivity contribution in [3.05, 3.63) is 70.8 Å². The molecular formula is C38H49N3O7S2. The number of anilines is 1. The van der Waals surface area contributed by atoms with Gasteiger partial charge in [0.25, 0.3) is 5.91 Å². The van der Waals surface area contributed by atoms with Crippen LogP contribution >= 0.6 is 0 Å². The smallest absolute Gasteiger partial charge is 0.285 e. The van der Waals surface area contributed by atoms with Crippen LogP contribution < -0.4 is 9.64 Å². The summed E-state index contributed by atoms with van der Waals surface area (Å²) >= 11 is 0. The molecule has 10 nitrogen and oxygen atoms in total. The number of carbonyl (C=O) groups is 2. The molecule has 0 N–H and O–H groups in total. The van der Waals surface area contributed by atoms with Gasteiger partial charge in [-0.25, -0.2) is 12.6 Å². The molecule has 2 bridgehead atoms. The van der Waals surface area contributed by atoms with Crippen molar-refractivity contribution >= 4 is 37.1 Å². The number of amides is 2. The highest BCUT2D eigenvalue weighted by molar-refractivity contribution is 7.94. The van der Waals surface area contributed by atoms with Crippen molar-refractivity contribution in [2.24, 2.45) is 16.2 Å². The van der Waals surface area contributed by atoms with Crippen LogP contribution in [0.3, 0.4) is 0 Å². The second-order valence-electron chi connectivity index (χ2n) is 15.0. The molecular weight excluding hydrogens is 675 g/mol. The molecule has 1 saturated carbocycles. The highest BCUT2D eigenvalue weighted by atomic mass is 32.2. The van der Waals surface area contributed by atoms with Gasteiger partial charge in [0.1, 0.15) is 11.5 Å². The van der Waals surface area contributed by atoms with Crippen LogP contribution in [0.2, 0.25) is 0 Å². The molecule has 12 heteroatoms. The van der Waals surface area contributed by atoms with Crippen molar-refractivity contribution in [1.29, 1.82) is 0 Å². The number of nitrogens with zero attached hydrogens (tertiary/aromatic N) is 3. The molecule has 5 aliphatic rings. The number of sulfone groups is 1. The van der Waals surface area contributed by atoms with E-state index in [0.29, 0.717) is 42.6 Å². The van der Waals surface area contributed by atoms with Crippen molar-refractivity contribution in [3.63, 3.8) is 0 Å². The summed E-state index contributed by atoms with van der Waals surface area (Å²) in [6, 6.07) is 12.2. The Labute approximate surface area is 296 Å². The average molecular weight is 724 g/mol. The molecule has 2 aromatic rings. The zero-order valence-electron chi connectivity index (χ0n) is 29.2. The Morgan fingerprint density at radius 3 is 2.64 bits per heavy atom. The van der Waals surface area contributed by atoms with E-state index in [4.69, 9.17) is 9.47 Å². The summed E-state index contributed by atoms with van der Waals surface area (Å²) in [6.07, 6.45) is 10.5. The van der Waals surface area contributed by atoms with Crippen LogP contribution in [0.5, 0.6) is 5.75 Å². The van der Waals surface area contributed by atoms with Gasteiger partial charge in [0.15, 0.2) is 9.84 Å². The number of rotatable bonds is 3. The van der Waals surface area contributed by atoms with Crippen molar-refractivity contribution in [2.75, 3.05) is 67.8 Å². The van der Waals surface area contributed by atoms with Crippen molar-refractivity contribution in [1.82, 2.24) is 4.90 Å². The zero-order chi connectivity index (χ0) is 35.1. The lowest BCUT2D eigenvalue weighted by molar-refractivity contribution is -0.128. The molecule has 3 heterocycles. The van der Waals surface area contributed by atoms with Crippen LogP contribution in [0.4, 0.5) is 5.69 Å². The molecule has 0 unspecified atom stereocenters. The third-order valence-corrected chi connectivity index (χ3v) is 15.3. The Morgan fingerprint density at radius 1 is 1.06 bits per heavy atom. The average Bonchev–Trinajstić information content (AvgIpc) is 3.22. The number of aryl methyl sites for hydroxylation is 2. The van der Waals surface area contributed by atoms with Gasteiger partial charge in [-0.2, -0.15) is 4.36 Å². The highest BCUT2D eigenvalue weighted by Gasteiger charge is 2.44. The van der Waals surface area contributed by atoms with Gasteiger partial charge in [0.05, 0.1) is 39.6 Å². The Kier molecular flexibility index (Phi) is 9.90. The summed E-state index contributed by atoms with van der Waals surface area (Å²) in [5, 5.41) is 0. The van der Waals surface area contributed by atoms with Crippen LogP contribution in [0.25, 0.3) is 0 Å². The van der Waals surface area contributed by atoms with Gasteiger partial charge in [-0.15, -0.1) is 0 Å². The predicted octanol–water partition coefficient (Wildman–Crippen LogP) is 4.72. The first-order valence-electron chi connectivity index (χ1n) is 18.0. The van der Waals surface area contributed by atoms with E-state index < -0.39 is 37.1 Å². The Morgan fingerprint density at radius 2 is 1.88 bits per heavy atom. The first kappa shape index (κ1) is 35.2. The zero-order valence-corrected chi connectivity index (χ0v) is 30.8. The summed E-state index contributed by atoms with van der Waals surface area (Å²) < 4.78 is 55.3. The van der Waals surface area contributed by atoms with Crippen LogP contribution in [0.15, 0.2) is 52.9 Å². The normalized spacial score (nSPS) is 31.6. The summed E-state index contributed by atoms with van der Waals surface area (Å²) in [6.45, 7) is 4.33. The maximum Gasteiger partial charge on any atom is 0.285 e. The number of allylic oxidation sites excluding steroid dienone is 1. The monoisotopic (exact) mass is 723 g/mol. The fourth-order valence-electron chi connectivity index (χ4n) is 8.60. The molecule has 1 spiro atoms. The van der Waals surface area contributed by atoms with Crippen LogP contribution in [-0.2, 0) is 40.9 Å². The fourth-order valence-corrected chi connectivity index (χ4v) is 11.7. The second-order valence-corrected chi connectivity index (χ2v) is 19.7. The maximum atomic E-state index is 14.4. The molecule has 3 aliphatic heterocycles. The van der Waals surface area contributed by atoms with Gasteiger partial charge >= 0.3 is 0 Å². The van der Waals surface area contributed by atoms with E-state index in [1.54, 1.807) is 13.2 Å². The minimum absolute atomic E-state index is 0.0457. The topological polar surface area (TPSA) is 123 Å². The first-order valence-corrected chi connectivity index (χ1v) is 21.7. The van der Waals surface area contributed by atoms with E-state index in [2.05, 4.69) is 46.5 Å². The predicted molar refractivity (Wildman–Crippen MR) is 195 cm³/mol. The van der Waals surface area contributed by atoms with E-state index in [9.17, 15) is 22.2 Å². The Balaban J connectivity index is 1.26. The first-order chi connectivity index (χ1) is 24.0. The van der Waals surface area contributed by atoms with E-state index in [-0.39, 0.29) is 41.9 Å². The largest absolute Gasteiger partial charge is 0.490 e. The molecule has 0 aromatic heterocycles. The van der Waals surface area contributed by atoms with Crippen molar-refractivity contribution in [3.8, 4) is 5.75 Å². The summed E-state index contributed by atoms with van der Waals surface area (Å²) in [5.74, 6) is -0.171. The Bertz CT molecular complexity index is 1900. The summed E-state index contributed by atoms with van der Waals surface area (Å²) in [4.78, 5) is 31.1. The summed E-state index contributed by atoms with van der Waals surface area (Å²) in [7, 11) is -4.73. The molecule has 1 saturated heterocycles. The molecule has 2 aromatic carbocycles. The number of carbonyl (C=O) groups excluding carboxylic acids is 2. The second kappa shape index (κ2) is 14.1. The maximum absolute atomic E-state index is 14.4. The molecule has 50 heavy (non-hydrogen) atoms. The van der Waals surface area contributed by atoms with Gasteiger partial charge in [0, 0.05) is 50.0 Å². The number of fused-ring (bicyclic) bond motifs is 4. The van der Waals surface area contributed by atoms with Crippen LogP contribution in [-0.4, -0.2) is 98.4 Å². The third-order valence-electron chi connectivity index (χ3n) is 11.6. The molecule has 0 radical (unpaired) electrons. The van der Waals surface area contributed by atoms with Gasteiger partial charge in [-0.1, -0.05) is 35.9 Å². The number of methoxy groups -OCH3 is 1. The lowest BCUT2D eigenvalue weighted by atomic mass is 9.68. The van der Waals surface area contributed by atoms with E-state index in [1.807, 2.05) is 12.1 Å². The molecule has 5 atom stereocenters. The van der Waals surface area contributed by atoms with E-state index >= 15 is 0 Å². The third kappa shape index (κ3) is 7.25. The van der Waals surface area contributed by atoms with Gasteiger partial charge in [-0.3, -0.25) is 9.59 Å². The van der Waals surface area contributed by atoms with Gasteiger partial charge < -0.3 is 19.3 Å². The lowest BCUT2D eigenvalue weighted by Crippen LogP contribution is -2.49. The minimum atomic E-state index is -3.30. The van der Waals surface area contributed by atoms with Crippen LogP contribution in [0, 0.1) is 18.8 Å². The number of hydrogen-bond donors (Lipinski definition) is 0. The molecule has 270 valence electrons. The van der Waals surface area contributed by atoms with E-state index in [0.717, 1.165) is 50.9 Å². The van der Waals surface area contributed by atoms with Crippen molar-refractivity contribution in [2.45, 2.75) is 63.4 Å². The summed E-state index contributed by atoms with van der Waals surface area (Å²) in [5.41, 5.74) is 4.92. The Hall–Kier alpha value is -3.22. The molecule has 2 aliphatic carbocycles. The molecule has 2 fully saturated rings. The standard InChI is InChI=1S/C38H49N3O7S2/c1-27-9-13-32-28(21-27)7-6-15-38(32)25-41-23-30-10-12-31(30)34(47-2)8-4-3-5-18-49(44,24-36(42)40-16-19-50(45,46)20-17-40)39-37(43)29-11-14-35(48-26-38)33(41)22-29/h4,8-9,11,13-14,21-22,30-31,34H,3,5-7,10,12,15-20,23-26H2,1-2H3/b8-4+/t30-,31+,34-,38-,49-/m0/s1. The highest BCUT2D eigenvalue weighted by Crippen LogP contribution is 2.47. The minimum Gasteiger partial charge on any atom is -0.490 e. The van der Waals surface area contributed by atoms with E-state index in [1.165, 1.54) is 21.6 Å². The fraction of sp³-hybridized carbons (Fsp3) is 0.579. The van der Waals surface area contributed by atoms with Crippen LogP contribution in [0.1, 0.15) is 65.6 Å². The molecule has 2 amide bonds. The quantitative estimate of drug-likeness (QED) is 0.417. The number of benzene rings is 2. The molecule has 7 rings (SSSR count). The van der Waals surface area contributed by atoms with Gasteiger partial charge in [-0.05, 0) is 93.0 Å². The van der Waals surface area contributed by atoms with Crippen molar-refractivity contribution < 1.29 is 31.7 Å². The lowest BCUT2D eigenvalue weighted by Gasteiger charge is -2.46. The van der Waals surface area contributed by atoms with Gasteiger partial charge in [0.2, 0.25) is 5.91 Å². The number of ether oxygens (including phenoxy) is 2.